The summed E-state index contributed by atoms with van der Waals surface area (Å²) >= 11 is 0. The fraction of sp³-hybridized carbons (Fsp3) is 0.281. The maximum atomic E-state index is 13.7. The summed E-state index contributed by atoms with van der Waals surface area (Å²) in [7, 11) is 0. The maximum absolute atomic E-state index is 13.7. The van der Waals surface area contributed by atoms with Gasteiger partial charge in [0.25, 0.3) is 0 Å². The number of halogens is 7. The van der Waals surface area contributed by atoms with Gasteiger partial charge >= 0.3 is 18.4 Å². The van der Waals surface area contributed by atoms with Crippen LogP contribution in [0.4, 0.5) is 41.2 Å². The molecule has 0 radical (unpaired) electrons. The van der Waals surface area contributed by atoms with Crippen LogP contribution >= 0.6 is 0 Å². The molecule has 0 aliphatic rings. The Morgan fingerprint density at radius 2 is 1.46 bits per heavy atom. The van der Waals surface area contributed by atoms with Crippen LogP contribution in [0.2, 0.25) is 0 Å². The average molecular weight is 652 g/mol. The van der Waals surface area contributed by atoms with Crippen LogP contribution in [0.25, 0.3) is 11.0 Å². The molecular weight excluding hydrogens is 623 g/mol. The molecule has 4 aromatic rings. The second kappa shape index (κ2) is 13.6. The van der Waals surface area contributed by atoms with Gasteiger partial charge in [0.2, 0.25) is 5.91 Å². The number of urea groups is 1. The van der Waals surface area contributed by atoms with Gasteiger partial charge in [0.1, 0.15) is 17.9 Å². The first kappa shape index (κ1) is 34.0. The number of para-hydroxylation sites is 1. The number of amides is 3. The Morgan fingerprint density at radius 1 is 0.848 bits per heavy atom. The van der Waals surface area contributed by atoms with E-state index in [1.54, 1.807) is 38.1 Å². The van der Waals surface area contributed by atoms with E-state index in [2.05, 4.69) is 5.32 Å². The minimum Gasteiger partial charge on any atom is -0.464 e. The van der Waals surface area contributed by atoms with Crippen molar-refractivity contribution in [3.05, 3.63) is 111 Å². The highest BCUT2D eigenvalue weighted by molar-refractivity contribution is 5.92. The van der Waals surface area contributed by atoms with Crippen LogP contribution in [-0.4, -0.2) is 34.8 Å². The van der Waals surface area contributed by atoms with Gasteiger partial charge in [-0.05, 0) is 53.9 Å². The van der Waals surface area contributed by atoms with Crippen LogP contribution in [0, 0.1) is 11.7 Å². The van der Waals surface area contributed by atoms with E-state index in [1.165, 1.54) is 35.4 Å². The van der Waals surface area contributed by atoms with E-state index < -0.39 is 58.9 Å². The van der Waals surface area contributed by atoms with Gasteiger partial charge in [0.05, 0.1) is 34.9 Å². The largest absolute Gasteiger partial charge is 0.464 e. The standard InChI is InChI=1S/C32H28F7N3O4/c1-19(2)14-42(30(45)40-25-12-22(31(34,35)36)11-23(13-25)32(37,38)39)17-28(43)41(15-20-7-9-24(33)10-8-20)16-21-18-46-27-6-4-3-5-26(27)29(21)44/h3-13,18-19H,14-17H2,1-2H3,(H,40,45). The number of fused-ring (bicyclic) bond motifs is 1. The molecular formula is C32H28F7N3O4. The normalized spacial score (nSPS) is 12.0. The molecule has 1 N–H and O–H groups in total. The smallest absolute Gasteiger partial charge is 0.416 e. The Balaban J connectivity index is 1.64. The molecule has 46 heavy (non-hydrogen) atoms. The lowest BCUT2D eigenvalue weighted by molar-refractivity contribution is -0.143. The molecule has 0 spiro atoms. The summed E-state index contributed by atoms with van der Waals surface area (Å²) in [5.74, 6) is -1.52. The highest BCUT2D eigenvalue weighted by atomic mass is 19.4. The van der Waals surface area contributed by atoms with Gasteiger partial charge in [-0.1, -0.05) is 38.1 Å². The summed E-state index contributed by atoms with van der Waals surface area (Å²) in [5.41, 5.74) is -3.55. The first-order chi connectivity index (χ1) is 21.5. The second-order valence-corrected chi connectivity index (χ2v) is 11.0. The van der Waals surface area contributed by atoms with E-state index >= 15 is 0 Å². The number of rotatable bonds is 9. The Hall–Kier alpha value is -4.88. The van der Waals surface area contributed by atoms with Crippen molar-refractivity contribution in [2.45, 2.75) is 39.3 Å². The fourth-order valence-corrected chi connectivity index (χ4v) is 4.63. The number of carbonyl (C=O) groups excluding carboxylic acids is 2. The minimum atomic E-state index is -5.13. The summed E-state index contributed by atoms with van der Waals surface area (Å²) in [6.45, 7) is 2.19. The summed E-state index contributed by atoms with van der Waals surface area (Å²) in [6.07, 6.45) is -9.07. The van der Waals surface area contributed by atoms with Crippen molar-refractivity contribution in [1.82, 2.24) is 9.80 Å². The summed E-state index contributed by atoms with van der Waals surface area (Å²) < 4.78 is 99.3. The van der Waals surface area contributed by atoms with Crippen LogP contribution < -0.4 is 10.7 Å². The third kappa shape index (κ3) is 8.64. The van der Waals surface area contributed by atoms with Gasteiger partial charge in [-0.2, -0.15) is 26.3 Å². The summed E-state index contributed by atoms with van der Waals surface area (Å²) in [4.78, 5) is 42.3. The van der Waals surface area contributed by atoms with Crippen molar-refractivity contribution in [1.29, 1.82) is 0 Å². The number of nitrogens with one attached hydrogen (secondary N) is 1. The number of hydrogen-bond donors (Lipinski definition) is 1. The third-order valence-electron chi connectivity index (χ3n) is 6.79. The number of carbonyl (C=O) groups is 2. The Kier molecular flexibility index (Phi) is 10.1. The van der Waals surface area contributed by atoms with Crippen molar-refractivity contribution in [3.8, 4) is 0 Å². The van der Waals surface area contributed by atoms with E-state index in [9.17, 15) is 45.1 Å². The van der Waals surface area contributed by atoms with Crippen molar-refractivity contribution >= 4 is 28.6 Å². The van der Waals surface area contributed by atoms with Gasteiger partial charge in [-0.25, -0.2) is 9.18 Å². The fourth-order valence-electron chi connectivity index (χ4n) is 4.63. The number of anilines is 1. The minimum absolute atomic E-state index is 0.0677. The number of benzene rings is 3. The number of nitrogens with zero attached hydrogens (tertiary/aromatic N) is 2. The molecule has 1 heterocycles. The highest BCUT2D eigenvalue weighted by Gasteiger charge is 2.37. The van der Waals surface area contributed by atoms with E-state index in [4.69, 9.17) is 4.42 Å². The van der Waals surface area contributed by atoms with E-state index in [1.807, 2.05) is 0 Å². The van der Waals surface area contributed by atoms with Crippen LogP contribution in [0.5, 0.6) is 0 Å². The van der Waals surface area contributed by atoms with Crippen molar-refractivity contribution < 1.29 is 44.7 Å². The zero-order valence-electron chi connectivity index (χ0n) is 24.5. The maximum Gasteiger partial charge on any atom is 0.416 e. The zero-order valence-corrected chi connectivity index (χ0v) is 24.5. The molecule has 14 heteroatoms. The van der Waals surface area contributed by atoms with E-state index in [0.717, 1.165) is 4.90 Å². The third-order valence-corrected chi connectivity index (χ3v) is 6.79. The van der Waals surface area contributed by atoms with E-state index in [0.29, 0.717) is 23.3 Å². The molecule has 7 nitrogen and oxygen atoms in total. The van der Waals surface area contributed by atoms with Crippen LogP contribution in [0.3, 0.4) is 0 Å². The Morgan fingerprint density at radius 3 is 2.04 bits per heavy atom. The topological polar surface area (TPSA) is 82.9 Å². The predicted octanol–water partition coefficient (Wildman–Crippen LogP) is 7.69. The molecule has 0 saturated carbocycles. The molecule has 0 fully saturated rings. The van der Waals surface area contributed by atoms with Crippen LogP contribution in [0.1, 0.15) is 36.1 Å². The number of hydrogen-bond acceptors (Lipinski definition) is 4. The van der Waals surface area contributed by atoms with Gasteiger partial charge in [-0.3, -0.25) is 9.59 Å². The van der Waals surface area contributed by atoms with Gasteiger partial charge < -0.3 is 19.5 Å². The molecule has 3 aromatic carbocycles. The quantitative estimate of drug-likeness (QED) is 0.188. The van der Waals surface area contributed by atoms with Crippen molar-refractivity contribution in [2.24, 2.45) is 5.92 Å². The van der Waals surface area contributed by atoms with Gasteiger partial charge in [0, 0.05) is 18.8 Å². The molecule has 0 aliphatic carbocycles. The first-order valence-corrected chi connectivity index (χ1v) is 13.9. The van der Waals surface area contributed by atoms with Crippen LogP contribution in [-0.2, 0) is 30.2 Å². The molecule has 0 saturated heterocycles. The van der Waals surface area contributed by atoms with Crippen molar-refractivity contribution in [3.63, 3.8) is 0 Å². The molecule has 0 unspecified atom stereocenters. The molecule has 0 bridgehead atoms. The van der Waals surface area contributed by atoms with Gasteiger partial charge in [0.15, 0.2) is 5.43 Å². The SMILES string of the molecule is CC(C)CN(CC(=O)N(Cc1ccc(F)cc1)Cc1coc2ccccc2c1=O)C(=O)Nc1cc(C(F)(F)F)cc(C(F)(F)F)c1. The van der Waals surface area contributed by atoms with E-state index in [-0.39, 0.29) is 42.6 Å². The first-order valence-electron chi connectivity index (χ1n) is 13.9. The molecule has 1 aromatic heterocycles. The lowest BCUT2D eigenvalue weighted by Crippen LogP contribution is -2.45. The lowest BCUT2D eigenvalue weighted by Gasteiger charge is -2.29. The highest BCUT2D eigenvalue weighted by Crippen LogP contribution is 2.37. The molecule has 0 atom stereocenters. The Bertz CT molecular complexity index is 1730. The summed E-state index contributed by atoms with van der Waals surface area (Å²) in [5, 5.41) is 2.32. The van der Waals surface area contributed by atoms with Crippen molar-refractivity contribution in [2.75, 3.05) is 18.4 Å². The molecule has 244 valence electrons. The molecule has 3 amide bonds. The zero-order chi connectivity index (χ0) is 33.8. The number of alkyl halides is 6. The lowest BCUT2D eigenvalue weighted by atomic mass is 10.1. The monoisotopic (exact) mass is 651 g/mol. The average Bonchev–Trinajstić information content (AvgIpc) is 2.97. The Labute approximate surface area is 258 Å². The summed E-state index contributed by atoms with van der Waals surface area (Å²) in [6, 6.07) is 11.2. The molecule has 0 aliphatic heterocycles. The van der Waals surface area contributed by atoms with Gasteiger partial charge in [-0.15, -0.1) is 0 Å². The predicted molar refractivity (Wildman–Crippen MR) is 155 cm³/mol. The molecule has 4 rings (SSSR count). The second-order valence-electron chi connectivity index (χ2n) is 11.0. The van der Waals surface area contributed by atoms with Crippen LogP contribution in [0.15, 0.2) is 82.2 Å².